The van der Waals surface area contributed by atoms with Gasteiger partial charge in [-0.1, -0.05) is 17.3 Å². The molecule has 0 radical (unpaired) electrons. The maximum Gasteiger partial charge on any atom is 0.278 e. The molecular formula is C15H14N4O3. The molecule has 2 aromatic heterocycles. The highest BCUT2D eigenvalue weighted by atomic mass is 16.5. The van der Waals surface area contributed by atoms with Crippen LogP contribution in [0.1, 0.15) is 10.5 Å². The maximum atomic E-state index is 12.0. The van der Waals surface area contributed by atoms with Gasteiger partial charge >= 0.3 is 0 Å². The van der Waals surface area contributed by atoms with Gasteiger partial charge in [-0.2, -0.15) is 5.10 Å². The Morgan fingerprint density at radius 3 is 2.91 bits per heavy atom. The molecule has 1 amide bonds. The van der Waals surface area contributed by atoms with Crippen molar-refractivity contribution in [3.63, 3.8) is 0 Å². The van der Waals surface area contributed by atoms with Gasteiger partial charge in [0.1, 0.15) is 17.8 Å². The third-order valence-electron chi connectivity index (χ3n) is 3.16. The Morgan fingerprint density at radius 2 is 2.18 bits per heavy atom. The number of carbonyl (C=O) groups is 1. The van der Waals surface area contributed by atoms with Crippen molar-refractivity contribution < 1.29 is 14.1 Å². The van der Waals surface area contributed by atoms with E-state index in [1.165, 1.54) is 12.3 Å². The van der Waals surface area contributed by atoms with Gasteiger partial charge in [0, 0.05) is 24.7 Å². The largest absolute Gasteiger partial charge is 0.497 e. The summed E-state index contributed by atoms with van der Waals surface area (Å²) in [4.78, 5) is 12.0. The number of aromatic nitrogens is 3. The fourth-order valence-corrected chi connectivity index (χ4v) is 2.02. The predicted molar refractivity (Wildman–Crippen MR) is 79.7 cm³/mol. The maximum absolute atomic E-state index is 12.0. The summed E-state index contributed by atoms with van der Waals surface area (Å²) in [5, 5.41) is 10.7. The molecule has 0 bridgehead atoms. The molecule has 0 atom stereocenters. The SMILES string of the molecule is COc1cccc(-c2cc(NC(=O)c3ccon3)n(C)n2)c1. The smallest absolute Gasteiger partial charge is 0.278 e. The zero-order chi connectivity index (χ0) is 15.5. The zero-order valence-corrected chi connectivity index (χ0v) is 12.1. The number of nitrogens with one attached hydrogen (secondary N) is 1. The average molecular weight is 298 g/mol. The van der Waals surface area contributed by atoms with Crippen molar-refractivity contribution in [1.82, 2.24) is 14.9 Å². The van der Waals surface area contributed by atoms with E-state index in [1.807, 2.05) is 24.3 Å². The molecular weight excluding hydrogens is 284 g/mol. The summed E-state index contributed by atoms with van der Waals surface area (Å²) in [5.74, 6) is 0.955. The van der Waals surface area contributed by atoms with E-state index in [-0.39, 0.29) is 11.6 Å². The first kappa shape index (κ1) is 13.9. The van der Waals surface area contributed by atoms with Gasteiger partial charge in [0.15, 0.2) is 5.69 Å². The van der Waals surface area contributed by atoms with Crippen LogP contribution in [0.5, 0.6) is 5.75 Å². The Morgan fingerprint density at radius 1 is 1.32 bits per heavy atom. The van der Waals surface area contributed by atoms with E-state index in [9.17, 15) is 4.79 Å². The van der Waals surface area contributed by atoms with E-state index < -0.39 is 0 Å². The van der Waals surface area contributed by atoms with Crippen LogP contribution < -0.4 is 10.1 Å². The van der Waals surface area contributed by atoms with Crippen molar-refractivity contribution in [2.24, 2.45) is 7.05 Å². The molecule has 3 aromatic rings. The lowest BCUT2D eigenvalue weighted by Gasteiger charge is -2.01. The Hall–Kier alpha value is -3.09. The number of nitrogens with zero attached hydrogens (tertiary/aromatic N) is 3. The lowest BCUT2D eigenvalue weighted by atomic mass is 10.1. The van der Waals surface area contributed by atoms with Crippen LogP contribution in [-0.2, 0) is 7.05 Å². The number of carbonyl (C=O) groups excluding carboxylic acids is 1. The van der Waals surface area contributed by atoms with Crippen molar-refractivity contribution in [1.29, 1.82) is 0 Å². The van der Waals surface area contributed by atoms with Crippen molar-refractivity contribution in [3.05, 3.63) is 48.4 Å². The summed E-state index contributed by atoms with van der Waals surface area (Å²) in [6.45, 7) is 0. The van der Waals surface area contributed by atoms with E-state index in [0.717, 1.165) is 17.0 Å². The molecule has 0 aliphatic rings. The van der Waals surface area contributed by atoms with E-state index in [0.29, 0.717) is 5.82 Å². The second-order valence-corrected chi connectivity index (χ2v) is 4.61. The van der Waals surface area contributed by atoms with E-state index in [2.05, 4.69) is 20.1 Å². The fourth-order valence-electron chi connectivity index (χ4n) is 2.02. The minimum Gasteiger partial charge on any atom is -0.497 e. The number of amides is 1. The number of aryl methyl sites for hydroxylation is 1. The minimum absolute atomic E-state index is 0.212. The molecule has 3 rings (SSSR count). The van der Waals surface area contributed by atoms with E-state index in [1.54, 1.807) is 24.9 Å². The third-order valence-corrected chi connectivity index (χ3v) is 3.16. The van der Waals surface area contributed by atoms with Gasteiger partial charge < -0.3 is 14.6 Å². The monoisotopic (exact) mass is 298 g/mol. The molecule has 0 spiro atoms. The summed E-state index contributed by atoms with van der Waals surface area (Å²) in [5.41, 5.74) is 1.85. The van der Waals surface area contributed by atoms with Gasteiger partial charge in [0.05, 0.1) is 12.8 Å². The number of benzene rings is 1. The van der Waals surface area contributed by atoms with Gasteiger partial charge in [-0.25, -0.2) is 0 Å². The number of ether oxygens (including phenoxy) is 1. The topological polar surface area (TPSA) is 82.2 Å². The summed E-state index contributed by atoms with van der Waals surface area (Å²) >= 11 is 0. The quantitative estimate of drug-likeness (QED) is 0.799. The molecule has 1 aromatic carbocycles. The Kier molecular flexibility index (Phi) is 3.61. The van der Waals surface area contributed by atoms with Crippen LogP contribution in [0.2, 0.25) is 0 Å². The molecule has 22 heavy (non-hydrogen) atoms. The van der Waals surface area contributed by atoms with Crippen molar-refractivity contribution in [2.45, 2.75) is 0 Å². The lowest BCUT2D eigenvalue weighted by Crippen LogP contribution is -2.14. The first-order valence-corrected chi connectivity index (χ1v) is 6.57. The third kappa shape index (κ3) is 2.69. The van der Waals surface area contributed by atoms with Crippen LogP contribution in [0.15, 0.2) is 47.2 Å². The van der Waals surface area contributed by atoms with Crippen LogP contribution in [-0.4, -0.2) is 28.0 Å². The van der Waals surface area contributed by atoms with Crippen molar-refractivity contribution in [2.75, 3.05) is 12.4 Å². The summed E-state index contributed by atoms with van der Waals surface area (Å²) in [6, 6.07) is 10.8. The lowest BCUT2D eigenvalue weighted by molar-refractivity contribution is 0.101. The van der Waals surface area contributed by atoms with Gasteiger partial charge in [-0.15, -0.1) is 0 Å². The highest BCUT2D eigenvalue weighted by molar-refractivity contribution is 6.02. The summed E-state index contributed by atoms with van der Waals surface area (Å²) in [6.07, 6.45) is 1.35. The first-order valence-electron chi connectivity index (χ1n) is 6.57. The molecule has 2 heterocycles. The number of hydrogen-bond acceptors (Lipinski definition) is 5. The van der Waals surface area contributed by atoms with Gasteiger partial charge in [-0.05, 0) is 12.1 Å². The molecule has 1 N–H and O–H groups in total. The van der Waals surface area contributed by atoms with Crippen LogP contribution >= 0.6 is 0 Å². The second-order valence-electron chi connectivity index (χ2n) is 4.61. The van der Waals surface area contributed by atoms with Crippen molar-refractivity contribution in [3.8, 4) is 17.0 Å². The van der Waals surface area contributed by atoms with Crippen LogP contribution in [0, 0.1) is 0 Å². The molecule has 0 saturated heterocycles. The zero-order valence-electron chi connectivity index (χ0n) is 12.1. The molecule has 7 heteroatoms. The molecule has 0 aliphatic carbocycles. The van der Waals surface area contributed by atoms with Crippen molar-refractivity contribution >= 4 is 11.7 Å². The summed E-state index contributed by atoms with van der Waals surface area (Å²) < 4.78 is 11.5. The second kappa shape index (κ2) is 5.72. The summed E-state index contributed by atoms with van der Waals surface area (Å²) in [7, 11) is 3.36. The fraction of sp³-hybridized carbons (Fsp3) is 0.133. The number of methoxy groups -OCH3 is 1. The van der Waals surface area contributed by atoms with Gasteiger partial charge in [-0.3, -0.25) is 9.48 Å². The van der Waals surface area contributed by atoms with Gasteiger partial charge in [0.25, 0.3) is 5.91 Å². The highest BCUT2D eigenvalue weighted by Crippen LogP contribution is 2.25. The van der Waals surface area contributed by atoms with Crippen LogP contribution in [0.4, 0.5) is 5.82 Å². The predicted octanol–water partition coefficient (Wildman–Crippen LogP) is 2.34. The highest BCUT2D eigenvalue weighted by Gasteiger charge is 2.13. The Labute approximate surface area is 126 Å². The standard InChI is InChI=1S/C15H14N4O3/c1-19-14(16-15(20)12-6-7-22-18-12)9-13(17-19)10-4-3-5-11(8-10)21-2/h3-9H,1-2H3,(H,16,20). The normalized spacial score (nSPS) is 10.5. The average Bonchev–Trinajstić information content (AvgIpc) is 3.18. The number of rotatable bonds is 4. The molecule has 0 fully saturated rings. The molecule has 0 saturated carbocycles. The minimum atomic E-state index is -0.353. The molecule has 112 valence electrons. The molecule has 7 nitrogen and oxygen atoms in total. The number of hydrogen-bond donors (Lipinski definition) is 1. The molecule has 0 unspecified atom stereocenters. The Balaban J connectivity index is 1.86. The Bertz CT molecular complexity index is 793. The first-order chi connectivity index (χ1) is 10.7. The van der Waals surface area contributed by atoms with E-state index in [4.69, 9.17) is 4.74 Å². The number of anilines is 1. The van der Waals surface area contributed by atoms with E-state index >= 15 is 0 Å². The van der Waals surface area contributed by atoms with Gasteiger partial charge in [0.2, 0.25) is 0 Å². The van der Waals surface area contributed by atoms with Crippen LogP contribution in [0.25, 0.3) is 11.3 Å². The molecule has 0 aliphatic heterocycles. The van der Waals surface area contributed by atoms with Crippen LogP contribution in [0.3, 0.4) is 0 Å².